The van der Waals surface area contributed by atoms with Gasteiger partial charge in [0.05, 0.1) is 22.9 Å². The van der Waals surface area contributed by atoms with Crippen molar-refractivity contribution in [2.45, 2.75) is 32.4 Å². The van der Waals surface area contributed by atoms with E-state index < -0.39 is 0 Å². The lowest BCUT2D eigenvalue weighted by molar-refractivity contribution is 0.0572. The van der Waals surface area contributed by atoms with E-state index in [9.17, 15) is 4.79 Å². The van der Waals surface area contributed by atoms with Gasteiger partial charge in [0, 0.05) is 30.7 Å². The quantitative estimate of drug-likeness (QED) is 0.590. The van der Waals surface area contributed by atoms with Crippen LogP contribution in [0, 0.1) is 6.92 Å². The van der Waals surface area contributed by atoms with E-state index in [4.69, 9.17) is 27.9 Å². The van der Waals surface area contributed by atoms with Crippen molar-refractivity contribution in [3.63, 3.8) is 0 Å². The number of benzene rings is 2. The van der Waals surface area contributed by atoms with Gasteiger partial charge in [0.25, 0.3) is 5.56 Å². The molecule has 1 aromatic heterocycles. The van der Waals surface area contributed by atoms with Gasteiger partial charge in [-0.2, -0.15) is 0 Å². The topological polar surface area (TPSA) is 56.1 Å². The number of aromatic nitrogens is 2. The molecule has 1 heterocycles. The molecule has 1 aliphatic rings. The van der Waals surface area contributed by atoms with Crippen molar-refractivity contribution in [3.05, 3.63) is 79.7 Å². The Labute approximate surface area is 185 Å². The van der Waals surface area contributed by atoms with Crippen LogP contribution in [0.3, 0.4) is 0 Å². The molecule has 3 aromatic rings. The lowest BCUT2D eigenvalue weighted by Crippen LogP contribution is -2.30. The van der Waals surface area contributed by atoms with Crippen LogP contribution >= 0.6 is 23.2 Å². The van der Waals surface area contributed by atoms with Crippen molar-refractivity contribution in [2.75, 3.05) is 11.9 Å². The second-order valence-corrected chi connectivity index (χ2v) is 8.25. The van der Waals surface area contributed by atoms with E-state index in [1.807, 2.05) is 26.0 Å². The summed E-state index contributed by atoms with van der Waals surface area (Å²) in [6, 6.07) is 13.3. The third-order valence-electron chi connectivity index (χ3n) is 5.51. The normalized spacial score (nSPS) is 17.8. The minimum absolute atomic E-state index is 0.00714. The van der Waals surface area contributed by atoms with E-state index in [1.165, 1.54) is 11.1 Å². The third-order valence-corrected chi connectivity index (χ3v) is 6.05. The van der Waals surface area contributed by atoms with Gasteiger partial charge >= 0.3 is 0 Å². The molecule has 0 aliphatic heterocycles. The lowest BCUT2D eigenvalue weighted by atomic mass is 10.1. The number of fused-ring (bicyclic) bond motifs is 1. The Bertz CT molecular complexity index is 1160. The maximum atomic E-state index is 13.1. The summed E-state index contributed by atoms with van der Waals surface area (Å²) in [5.41, 5.74) is 3.79. The van der Waals surface area contributed by atoms with Crippen LogP contribution in [0.15, 0.2) is 47.3 Å². The molecular weight excluding hydrogens is 421 g/mol. The molecule has 2 aromatic carbocycles. The third kappa shape index (κ3) is 3.73. The first kappa shape index (κ1) is 20.9. The monoisotopic (exact) mass is 443 g/mol. The highest BCUT2D eigenvalue weighted by Crippen LogP contribution is 2.36. The molecule has 0 radical (unpaired) electrons. The summed E-state index contributed by atoms with van der Waals surface area (Å²) in [7, 11) is 1.74. The summed E-state index contributed by atoms with van der Waals surface area (Å²) in [4.78, 5) is 17.7. The molecule has 1 unspecified atom stereocenters. The number of hydrogen-bond donors (Lipinski definition) is 1. The molecule has 0 spiro atoms. The van der Waals surface area contributed by atoms with Crippen LogP contribution in [-0.4, -0.2) is 22.3 Å². The van der Waals surface area contributed by atoms with Crippen molar-refractivity contribution in [2.24, 2.45) is 7.05 Å². The van der Waals surface area contributed by atoms with E-state index in [1.54, 1.807) is 29.8 Å². The summed E-state index contributed by atoms with van der Waals surface area (Å²) in [5, 5.41) is 4.44. The molecule has 4 rings (SSSR count). The largest absolute Gasteiger partial charge is 0.376 e. The number of nitrogens with one attached hydrogen (secondary N) is 1. The summed E-state index contributed by atoms with van der Waals surface area (Å²) in [6.07, 6.45) is 0.827. The molecular formula is C23H23Cl2N3O2. The lowest BCUT2D eigenvalue weighted by Gasteiger charge is -2.25. The predicted octanol–water partition coefficient (Wildman–Crippen LogP) is 5.18. The van der Waals surface area contributed by atoms with Crippen LogP contribution < -0.4 is 10.9 Å². The van der Waals surface area contributed by atoms with Gasteiger partial charge in [0.2, 0.25) is 0 Å². The van der Waals surface area contributed by atoms with Crippen LogP contribution in [0.2, 0.25) is 10.0 Å². The standard InChI is InChI=1S/C23H23Cl2N3O2/c1-4-30-19-11-14-7-5-6-8-16(14)20(19)27-22-13(2)26-21(23(29)28(22)3)17-10-9-15(24)12-18(17)25/h5-10,12,19-20,27H,4,11H2,1-3H3/t19-,20?/m0/s1. The molecule has 0 bridgehead atoms. The molecule has 156 valence electrons. The zero-order valence-electron chi connectivity index (χ0n) is 17.1. The van der Waals surface area contributed by atoms with Crippen molar-refractivity contribution < 1.29 is 4.74 Å². The molecule has 2 atom stereocenters. The van der Waals surface area contributed by atoms with Gasteiger partial charge in [-0.1, -0.05) is 47.5 Å². The van der Waals surface area contributed by atoms with Crippen molar-refractivity contribution >= 4 is 29.0 Å². The highest BCUT2D eigenvalue weighted by Gasteiger charge is 2.33. The zero-order chi connectivity index (χ0) is 21.4. The first-order valence-corrected chi connectivity index (χ1v) is 10.6. The maximum absolute atomic E-state index is 13.1. The van der Waals surface area contributed by atoms with Crippen molar-refractivity contribution in [1.29, 1.82) is 0 Å². The van der Waals surface area contributed by atoms with Crippen molar-refractivity contribution in [3.8, 4) is 11.3 Å². The molecule has 0 amide bonds. The first-order chi connectivity index (χ1) is 14.4. The molecule has 30 heavy (non-hydrogen) atoms. The second kappa shape index (κ2) is 8.42. The molecule has 0 saturated heterocycles. The van der Waals surface area contributed by atoms with Gasteiger partial charge in [-0.15, -0.1) is 0 Å². The minimum atomic E-state index is -0.230. The first-order valence-electron chi connectivity index (χ1n) is 9.89. The van der Waals surface area contributed by atoms with Gasteiger partial charge in [0.15, 0.2) is 0 Å². The number of anilines is 1. The summed E-state index contributed by atoms with van der Waals surface area (Å²) < 4.78 is 7.59. The Morgan fingerprint density at radius 1 is 1.23 bits per heavy atom. The van der Waals surface area contributed by atoms with Gasteiger partial charge in [-0.3, -0.25) is 9.36 Å². The predicted molar refractivity (Wildman–Crippen MR) is 122 cm³/mol. The van der Waals surface area contributed by atoms with Crippen LogP contribution in [0.1, 0.15) is 29.8 Å². The Kier molecular flexibility index (Phi) is 5.87. The molecule has 0 saturated carbocycles. The fourth-order valence-corrected chi connectivity index (χ4v) is 4.57. The van der Waals surface area contributed by atoms with E-state index in [0.717, 1.165) is 6.42 Å². The van der Waals surface area contributed by atoms with E-state index in [2.05, 4.69) is 22.4 Å². The Morgan fingerprint density at radius 2 is 2.00 bits per heavy atom. The maximum Gasteiger partial charge on any atom is 0.278 e. The SMILES string of the molecule is CCO[C@H]1Cc2ccccc2C1Nc1c(C)nc(-c2ccc(Cl)cc2Cl)c(=O)n1C. The van der Waals surface area contributed by atoms with Crippen LogP contribution in [0.5, 0.6) is 0 Å². The summed E-state index contributed by atoms with van der Waals surface area (Å²) in [5.74, 6) is 0.667. The highest BCUT2D eigenvalue weighted by atomic mass is 35.5. The number of rotatable bonds is 5. The molecule has 1 aliphatic carbocycles. The van der Waals surface area contributed by atoms with Gasteiger partial charge in [0.1, 0.15) is 11.5 Å². The van der Waals surface area contributed by atoms with Gasteiger partial charge in [-0.05, 0) is 43.2 Å². The van der Waals surface area contributed by atoms with Crippen LogP contribution in [0.25, 0.3) is 11.3 Å². The number of nitrogens with zero attached hydrogens (tertiary/aromatic N) is 2. The second-order valence-electron chi connectivity index (χ2n) is 7.40. The highest BCUT2D eigenvalue weighted by molar-refractivity contribution is 6.36. The fraction of sp³-hybridized carbons (Fsp3) is 0.304. The smallest absolute Gasteiger partial charge is 0.278 e. The van der Waals surface area contributed by atoms with E-state index in [0.29, 0.717) is 39.4 Å². The Balaban J connectivity index is 1.75. The van der Waals surface area contributed by atoms with Crippen LogP contribution in [-0.2, 0) is 18.2 Å². The molecule has 5 nitrogen and oxygen atoms in total. The number of hydrogen-bond acceptors (Lipinski definition) is 4. The molecule has 0 fully saturated rings. The average molecular weight is 444 g/mol. The Hall–Kier alpha value is -2.34. The van der Waals surface area contributed by atoms with E-state index in [-0.39, 0.29) is 17.7 Å². The van der Waals surface area contributed by atoms with E-state index >= 15 is 0 Å². The zero-order valence-corrected chi connectivity index (χ0v) is 18.6. The molecule has 1 N–H and O–H groups in total. The minimum Gasteiger partial charge on any atom is -0.376 e. The number of halogens is 2. The van der Waals surface area contributed by atoms with Gasteiger partial charge < -0.3 is 10.1 Å². The molecule has 7 heteroatoms. The average Bonchev–Trinajstić information content (AvgIpc) is 3.06. The number of aryl methyl sites for hydroxylation is 1. The van der Waals surface area contributed by atoms with Gasteiger partial charge in [-0.25, -0.2) is 4.98 Å². The van der Waals surface area contributed by atoms with Crippen LogP contribution in [0.4, 0.5) is 5.82 Å². The number of ether oxygens (including phenoxy) is 1. The summed E-state index contributed by atoms with van der Waals surface area (Å²) >= 11 is 12.3. The van der Waals surface area contributed by atoms with Crippen molar-refractivity contribution in [1.82, 2.24) is 9.55 Å². The Morgan fingerprint density at radius 3 is 2.73 bits per heavy atom. The fourth-order valence-electron chi connectivity index (χ4n) is 4.08. The summed E-state index contributed by atoms with van der Waals surface area (Å²) in [6.45, 7) is 4.50.